The fraction of sp³-hybridized carbons (Fsp3) is 0.438. The van der Waals surface area contributed by atoms with Crippen molar-refractivity contribution in [1.82, 2.24) is 10.6 Å². The average Bonchev–Trinajstić information content (AvgIpc) is 2.93. The first-order chi connectivity index (χ1) is 10.2. The lowest BCUT2D eigenvalue weighted by molar-refractivity contribution is 0.231. The number of aromatic hydroxyl groups is 1. The molecule has 1 aliphatic rings. The van der Waals surface area contributed by atoms with Crippen molar-refractivity contribution < 1.29 is 15.0 Å². The predicted molar refractivity (Wildman–Crippen MR) is 81.1 cm³/mol. The van der Waals surface area contributed by atoms with Crippen LogP contribution in [0.5, 0.6) is 5.75 Å². The fourth-order valence-electron chi connectivity index (χ4n) is 2.39. The Balaban J connectivity index is 1.59. The molecule has 0 heterocycles. The third kappa shape index (κ3) is 5.11. The molecule has 0 saturated heterocycles. The molecular formula is C16H22N2O3. The van der Waals surface area contributed by atoms with Crippen LogP contribution >= 0.6 is 0 Å². The molecule has 114 valence electrons. The number of carbonyl (C=O) groups excluding carboxylic acids is 1. The topological polar surface area (TPSA) is 81.6 Å². The second-order valence-corrected chi connectivity index (χ2v) is 5.34. The van der Waals surface area contributed by atoms with Gasteiger partial charge in [-0.05, 0) is 37.0 Å². The zero-order chi connectivity index (χ0) is 15.1. The number of aryl methyl sites for hydroxylation is 1. The molecule has 0 radical (unpaired) electrons. The quantitative estimate of drug-likeness (QED) is 0.474. The van der Waals surface area contributed by atoms with Crippen LogP contribution in [-0.2, 0) is 6.42 Å². The number of phenolic OH excluding ortho intramolecular Hbond substituents is 1. The summed E-state index contributed by atoms with van der Waals surface area (Å²) in [5.41, 5.74) is 1.14. The molecule has 2 amide bonds. The van der Waals surface area contributed by atoms with E-state index in [2.05, 4.69) is 10.6 Å². The third-order valence-corrected chi connectivity index (χ3v) is 3.59. The highest BCUT2D eigenvalue weighted by molar-refractivity contribution is 5.74. The summed E-state index contributed by atoms with van der Waals surface area (Å²) in [6.07, 6.45) is 6.33. The highest BCUT2D eigenvalue weighted by Crippen LogP contribution is 2.16. The van der Waals surface area contributed by atoms with Crippen LogP contribution in [-0.4, -0.2) is 35.4 Å². The van der Waals surface area contributed by atoms with E-state index in [0.717, 1.165) is 24.8 Å². The molecule has 0 aromatic heterocycles. The van der Waals surface area contributed by atoms with Crippen LogP contribution in [0.1, 0.15) is 18.4 Å². The summed E-state index contributed by atoms with van der Waals surface area (Å²) < 4.78 is 0. The number of benzene rings is 1. The Hall–Kier alpha value is -2.01. The van der Waals surface area contributed by atoms with Crippen LogP contribution in [0.15, 0.2) is 36.4 Å². The first-order valence-electron chi connectivity index (χ1n) is 7.29. The zero-order valence-corrected chi connectivity index (χ0v) is 12.0. The summed E-state index contributed by atoms with van der Waals surface area (Å²) in [7, 11) is 0. The third-order valence-electron chi connectivity index (χ3n) is 3.59. The van der Waals surface area contributed by atoms with Gasteiger partial charge in [0.25, 0.3) is 0 Å². The number of phenols is 1. The van der Waals surface area contributed by atoms with Crippen molar-refractivity contribution in [2.75, 3.05) is 13.2 Å². The number of nitrogens with one attached hydrogen (secondary N) is 2. The molecule has 1 aliphatic carbocycles. The first-order valence-corrected chi connectivity index (χ1v) is 7.29. The lowest BCUT2D eigenvalue weighted by atomic mass is 10.1. The minimum absolute atomic E-state index is 0.0132. The number of amides is 2. The van der Waals surface area contributed by atoms with E-state index in [1.54, 1.807) is 12.1 Å². The molecule has 0 bridgehead atoms. The molecule has 2 atom stereocenters. The molecule has 0 fully saturated rings. The number of urea groups is 1. The van der Waals surface area contributed by atoms with Crippen LogP contribution in [0.4, 0.5) is 4.79 Å². The van der Waals surface area contributed by atoms with Crippen LogP contribution in [0.25, 0.3) is 0 Å². The van der Waals surface area contributed by atoms with Gasteiger partial charge in [0.15, 0.2) is 0 Å². The number of aliphatic hydroxyl groups is 1. The second-order valence-electron chi connectivity index (χ2n) is 5.34. The maximum Gasteiger partial charge on any atom is 0.315 e. The van der Waals surface area contributed by atoms with Gasteiger partial charge in [-0.2, -0.15) is 0 Å². The highest BCUT2D eigenvalue weighted by atomic mass is 16.3. The van der Waals surface area contributed by atoms with E-state index in [-0.39, 0.29) is 30.3 Å². The zero-order valence-electron chi connectivity index (χ0n) is 12.0. The van der Waals surface area contributed by atoms with Crippen molar-refractivity contribution in [2.45, 2.75) is 25.3 Å². The highest BCUT2D eigenvalue weighted by Gasteiger charge is 2.19. The van der Waals surface area contributed by atoms with Crippen LogP contribution in [0.2, 0.25) is 0 Å². The number of rotatable bonds is 6. The van der Waals surface area contributed by atoms with Crippen molar-refractivity contribution >= 4 is 6.03 Å². The fourth-order valence-corrected chi connectivity index (χ4v) is 2.39. The molecule has 0 unspecified atom stereocenters. The summed E-state index contributed by atoms with van der Waals surface area (Å²) in [5, 5.41) is 23.9. The van der Waals surface area contributed by atoms with E-state index < -0.39 is 0 Å². The lowest BCUT2D eigenvalue weighted by Gasteiger charge is -2.13. The molecule has 5 nitrogen and oxygen atoms in total. The van der Waals surface area contributed by atoms with Crippen molar-refractivity contribution in [3.05, 3.63) is 42.0 Å². The molecule has 0 aliphatic heterocycles. The Kier molecular flexibility index (Phi) is 5.63. The predicted octanol–water partition coefficient (Wildman–Crippen LogP) is 1.56. The Bertz CT molecular complexity index is 485. The standard InChI is InChI=1S/C16H22N2O3/c19-11-13-3-6-14(10-13)18-16(21)17-9-1-2-12-4-7-15(20)8-5-12/h3-8,13-14,19-20H,1-2,9-11H2,(H2,17,18,21)/t13-,14+/m0/s1. The largest absolute Gasteiger partial charge is 0.508 e. The summed E-state index contributed by atoms with van der Waals surface area (Å²) in [6, 6.07) is 6.94. The molecule has 0 saturated carbocycles. The van der Waals surface area contributed by atoms with Gasteiger partial charge in [0, 0.05) is 25.1 Å². The second kappa shape index (κ2) is 7.69. The van der Waals surface area contributed by atoms with Gasteiger partial charge in [-0.25, -0.2) is 4.79 Å². The van der Waals surface area contributed by atoms with Gasteiger partial charge in [-0.15, -0.1) is 0 Å². The molecule has 0 spiro atoms. The van der Waals surface area contributed by atoms with Crippen LogP contribution in [0, 0.1) is 5.92 Å². The summed E-state index contributed by atoms with van der Waals surface area (Å²) in [6.45, 7) is 0.732. The SMILES string of the molecule is O=C(NCCCc1ccc(O)cc1)N[C@@H]1C=C[C@H](CO)C1. The normalized spacial score (nSPS) is 20.4. The molecule has 4 N–H and O–H groups in total. The Morgan fingerprint density at radius 2 is 2.00 bits per heavy atom. The van der Waals surface area contributed by atoms with E-state index in [4.69, 9.17) is 5.11 Å². The van der Waals surface area contributed by atoms with Crippen molar-refractivity contribution in [2.24, 2.45) is 5.92 Å². The van der Waals surface area contributed by atoms with Gasteiger partial charge in [0.05, 0.1) is 0 Å². The smallest absolute Gasteiger partial charge is 0.315 e. The van der Waals surface area contributed by atoms with Crippen molar-refractivity contribution in [3.8, 4) is 5.75 Å². The van der Waals surface area contributed by atoms with Crippen LogP contribution in [0.3, 0.4) is 0 Å². The van der Waals surface area contributed by atoms with Gasteiger partial charge < -0.3 is 20.8 Å². The first kappa shape index (κ1) is 15.4. The lowest BCUT2D eigenvalue weighted by Crippen LogP contribution is -2.41. The number of carbonyl (C=O) groups is 1. The summed E-state index contributed by atoms with van der Waals surface area (Å²) >= 11 is 0. The van der Waals surface area contributed by atoms with Crippen molar-refractivity contribution in [3.63, 3.8) is 0 Å². The van der Waals surface area contributed by atoms with Gasteiger partial charge in [-0.1, -0.05) is 24.3 Å². The molecule has 1 aromatic carbocycles. The minimum atomic E-state index is -0.172. The average molecular weight is 290 g/mol. The molecule has 5 heteroatoms. The number of hydrogen-bond donors (Lipinski definition) is 4. The van der Waals surface area contributed by atoms with Gasteiger partial charge in [0.1, 0.15) is 5.75 Å². The minimum Gasteiger partial charge on any atom is -0.508 e. The van der Waals surface area contributed by atoms with E-state index in [1.807, 2.05) is 24.3 Å². The van der Waals surface area contributed by atoms with E-state index >= 15 is 0 Å². The maximum absolute atomic E-state index is 11.7. The van der Waals surface area contributed by atoms with Crippen LogP contribution < -0.4 is 10.6 Å². The summed E-state index contributed by atoms with van der Waals surface area (Å²) in [4.78, 5) is 11.7. The summed E-state index contributed by atoms with van der Waals surface area (Å²) in [5.74, 6) is 0.423. The molecular weight excluding hydrogens is 268 g/mol. The Labute approximate surface area is 124 Å². The van der Waals surface area contributed by atoms with Gasteiger partial charge in [-0.3, -0.25) is 0 Å². The maximum atomic E-state index is 11.7. The molecule has 21 heavy (non-hydrogen) atoms. The number of hydrogen-bond acceptors (Lipinski definition) is 3. The molecule has 1 aromatic rings. The molecule has 2 rings (SSSR count). The number of aliphatic hydroxyl groups excluding tert-OH is 1. The van der Waals surface area contributed by atoms with Gasteiger partial charge >= 0.3 is 6.03 Å². The Morgan fingerprint density at radius 3 is 2.67 bits per heavy atom. The van der Waals surface area contributed by atoms with E-state index in [9.17, 15) is 9.90 Å². The monoisotopic (exact) mass is 290 g/mol. The van der Waals surface area contributed by atoms with Crippen molar-refractivity contribution in [1.29, 1.82) is 0 Å². The van der Waals surface area contributed by atoms with E-state index in [1.165, 1.54) is 0 Å². The Morgan fingerprint density at radius 1 is 1.24 bits per heavy atom. The van der Waals surface area contributed by atoms with Gasteiger partial charge in [0.2, 0.25) is 0 Å². The van der Waals surface area contributed by atoms with E-state index in [0.29, 0.717) is 6.54 Å².